The summed E-state index contributed by atoms with van der Waals surface area (Å²) in [6.45, 7) is 4.84. The third kappa shape index (κ3) is 3.48. The van der Waals surface area contributed by atoms with Crippen LogP contribution in [0.5, 0.6) is 0 Å². The Hall–Kier alpha value is -1.00. The topological polar surface area (TPSA) is 6.48 Å². The van der Waals surface area contributed by atoms with E-state index in [1.165, 1.54) is 12.1 Å². The van der Waals surface area contributed by atoms with Gasteiger partial charge in [0.1, 0.15) is 0 Å². The van der Waals surface area contributed by atoms with Crippen LogP contribution in [-0.2, 0) is 6.54 Å². The van der Waals surface area contributed by atoms with Crippen molar-refractivity contribution in [3.05, 3.63) is 35.4 Å². The Kier molecular flexibility index (Phi) is 4.07. The van der Waals surface area contributed by atoms with Crippen molar-refractivity contribution in [2.24, 2.45) is 0 Å². The maximum atomic E-state index is 13.1. The van der Waals surface area contributed by atoms with Crippen molar-refractivity contribution < 1.29 is 8.78 Å². The zero-order valence-corrected chi connectivity index (χ0v) is 10.1. The molecule has 0 N–H and O–H groups in total. The predicted molar refractivity (Wildman–Crippen MR) is 63.7 cm³/mol. The van der Waals surface area contributed by atoms with Gasteiger partial charge in [-0.2, -0.15) is 0 Å². The van der Waals surface area contributed by atoms with Crippen molar-refractivity contribution in [2.45, 2.75) is 13.0 Å². The normalized spacial score (nSPS) is 19.2. The Morgan fingerprint density at radius 2 is 1.88 bits per heavy atom. The molecule has 2 nitrogen and oxygen atoms in total. The maximum absolute atomic E-state index is 13.1. The van der Waals surface area contributed by atoms with E-state index in [1.54, 1.807) is 6.07 Å². The minimum absolute atomic E-state index is 0.699. The highest BCUT2D eigenvalue weighted by molar-refractivity contribution is 5.17. The van der Waals surface area contributed by atoms with E-state index < -0.39 is 11.6 Å². The molecule has 17 heavy (non-hydrogen) atoms. The van der Waals surface area contributed by atoms with Gasteiger partial charge < -0.3 is 4.90 Å². The van der Waals surface area contributed by atoms with Gasteiger partial charge in [-0.25, -0.2) is 8.78 Å². The summed E-state index contributed by atoms with van der Waals surface area (Å²) in [6, 6.07) is 4.16. The average molecular weight is 240 g/mol. The first-order valence-corrected chi connectivity index (χ1v) is 6.00. The lowest BCUT2D eigenvalue weighted by Crippen LogP contribution is -2.28. The molecule has 0 bridgehead atoms. The number of hydrogen-bond acceptors (Lipinski definition) is 2. The second-order valence-corrected chi connectivity index (χ2v) is 4.68. The second kappa shape index (κ2) is 5.56. The van der Waals surface area contributed by atoms with Crippen molar-refractivity contribution in [3.8, 4) is 0 Å². The highest BCUT2D eigenvalue weighted by atomic mass is 19.2. The minimum atomic E-state index is -0.774. The van der Waals surface area contributed by atoms with Gasteiger partial charge in [-0.3, -0.25) is 4.90 Å². The molecule has 4 heteroatoms. The molecule has 1 aliphatic rings. The van der Waals surface area contributed by atoms with Crippen LogP contribution >= 0.6 is 0 Å². The van der Waals surface area contributed by atoms with Crippen LogP contribution in [0.1, 0.15) is 12.0 Å². The molecule has 1 fully saturated rings. The van der Waals surface area contributed by atoms with Gasteiger partial charge in [0.15, 0.2) is 11.6 Å². The van der Waals surface area contributed by atoms with Gasteiger partial charge >= 0.3 is 0 Å². The molecular weight excluding hydrogens is 222 g/mol. The summed E-state index contributed by atoms with van der Waals surface area (Å²) < 4.78 is 25.9. The van der Waals surface area contributed by atoms with Crippen LogP contribution in [0.25, 0.3) is 0 Å². The van der Waals surface area contributed by atoms with Crippen molar-refractivity contribution in [1.82, 2.24) is 9.80 Å². The van der Waals surface area contributed by atoms with Crippen LogP contribution in [-0.4, -0.2) is 43.0 Å². The molecule has 0 aromatic heterocycles. The third-order valence-electron chi connectivity index (χ3n) is 3.20. The minimum Gasteiger partial charge on any atom is -0.305 e. The predicted octanol–water partition coefficient (Wildman–Crippen LogP) is 2.10. The monoisotopic (exact) mass is 240 g/mol. The molecule has 1 aromatic carbocycles. The zero-order chi connectivity index (χ0) is 12.3. The summed E-state index contributed by atoms with van der Waals surface area (Å²) in [5.41, 5.74) is 0.841. The number of benzene rings is 1. The lowest BCUT2D eigenvalue weighted by atomic mass is 10.2. The van der Waals surface area contributed by atoms with E-state index in [0.29, 0.717) is 6.54 Å². The standard InChI is InChI=1S/C13H18F2N2/c1-16-5-2-6-17(8-7-16)10-11-3-4-12(14)13(15)9-11/h3-4,9H,2,5-8,10H2,1H3. The maximum Gasteiger partial charge on any atom is 0.159 e. The van der Waals surface area contributed by atoms with Crippen LogP contribution in [0.3, 0.4) is 0 Å². The van der Waals surface area contributed by atoms with E-state index in [1.807, 2.05) is 0 Å². The molecule has 1 aromatic rings. The molecule has 1 heterocycles. The first-order chi connectivity index (χ1) is 8.15. The van der Waals surface area contributed by atoms with Crippen LogP contribution < -0.4 is 0 Å². The van der Waals surface area contributed by atoms with Crippen LogP contribution in [0, 0.1) is 11.6 Å². The molecule has 94 valence electrons. The second-order valence-electron chi connectivity index (χ2n) is 4.68. The van der Waals surface area contributed by atoms with Crippen LogP contribution in [0.4, 0.5) is 8.78 Å². The summed E-state index contributed by atoms with van der Waals surface area (Å²) in [5, 5.41) is 0. The smallest absolute Gasteiger partial charge is 0.159 e. The van der Waals surface area contributed by atoms with Gasteiger partial charge in [0.25, 0.3) is 0 Å². The largest absolute Gasteiger partial charge is 0.305 e. The van der Waals surface area contributed by atoms with E-state index >= 15 is 0 Å². The van der Waals surface area contributed by atoms with Crippen molar-refractivity contribution in [3.63, 3.8) is 0 Å². The highest BCUT2D eigenvalue weighted by Gasteiger charge is 2.13. The third-order valence-corrected chi connectivity index (χ3v) is 3.20. The van der Waals surface area contributed by atoms with E-state index in [4.69, 9.17) is 0 Å². The van der Waals surface area contributed by atoms with Crippen molar-refractivity contribution >= 4 is 0 Å². The van der Waals surface area contributed by atoms with Gasteiger partial charge in [-0.1, -0.05) is 6.07 Å². The zero-order valence-electron chi connectivity index (χ0n) is 10.1. The Morgan fingerprint density at radius 3 is 2.65 bits per heavy atom. The quantitative estimate of drug-likeness (QED) is 0.781. The van der Waals surface area contributed by atoms with E-state index in [9.17, 15) is 8.78 Å². The number of halogens is 2. The van der Waals surface area contributed by atoms with Crippen LogP contribution in [0.15, 0.2) is 18.2 Å². The fourth-order valence-electron chi connectivity index (χ4n) is 2.15. The highest BCUT2D eigenvalue weighted by Crippen LogP contribution is 2.12. The van der Waals surface area contributed by atoms with Gasteiger partial charge in [0, 0.05) is 19.6 Å². The fraction of sp³-hybridized carbons (Fsp3) is 0.538. The molecular formula is C13H18F2N2. The number of likely N-dealkylation sites (N-methyl/N-ethyl adjacent to an activating group) is 1. The molecule has 0 spiro atoms. The molecule has 0 aliphatic carbocycles. The molecule has 0 amide bonds. The Balaban J connectivity index is 1.97. The molecule has 2 rings (SSSR count). The molecule has 1 aliphatic heterocycles. The fourth-order valence-corrected chi connectivity index (χ4v) is 2.15. The first-order valence-electron chi connectivity index (χ1n) is 6.00. The summed E-state index contributed by atoms with van der Waals surface area (Å²) in [6.07, 6.45) is 1.13. The molecule has 0 radical (unpaired) electrons. The van der Waals surface area contributed by atoms with Crippen molar-refractivity contribution in [1.29, 1.82) is 0 Å². The van der Waals surface area contributed by atoms with E-state index in [2.05, 4.69) is 16.8 Å². The summed E-state index contributed by atoms with van der Waals surface area (Å²) >= 11 is 0. The summed E-state index contributed by atoms with van der Waals surface area (Å²) in [4.78, 5) is 4.58. The summed E-state index contributed by atoms with van der Waals surface area (Å²) in [5.74, 6) is -1.53. The van der Waals surface area contributed by atoms with Crippen LogP contribution in [0.2, 0.25) is 0 Å². The van der Waals surface area contributed by atoms with Gasteiger partial charge in [0.05, 0.1) is 0 Å². The van der Waals surface area contributed by atoms with Crippen molar-refractivity contribution in [2.75, 3.05) is 33.2 Å². The lowest BCUT2D eigenvalue weighted by Gasteiger charge is -2.20. The van der Waals surface area contributed by atoms with Gasteiger partial charge in [-0.05, 0) is 44.3 Å². The van der Waals surface area contributed by atoms with Gasteiger partial charge in [0.2, 0.25) is 0 Å². The lowest BCUT2D eigenvalue weighted by molar-refractivity contribution is 0.269. The molecule has 0 unspecified atom stereocenters. The Morgan fingerprint density at radius 1 is 1.06 bits per heavy atom. The number of nitrogens with zero attached hydrogens (tertiary/aromatic N) is 2. The SMILES string of the molecule is CN1CCCN(Cc2ccc(F)c(F)c2)CC1. The van der Waals surface area contributed by atoms with E-state index in [0.717, 1.165) is 38.2 Å². The van der Waals surface area contributed by atoms with E-state index in [-0.39, 0.29) is 0 Å². The molecule has 1 saturated heterocycles. The summed E-state index contributed by atoms with van der Waals surface area (Å²) in [7, 11) is 2.11. The Bertz CT molecular complexity index is 382. The number of rotatable bonds is 2. The molecule has 0 atom stereocenters. The number of hydrogen-bond donors (Lipinski definition) is 0. The Labute approximate surface area is 101 Å². The molecule has 0 saturated carbocycles. The van der Waals surface area contributed by atoms with Gasteiger partial charge in [-0.15, -0.1) is 0 Å². The average Bonchev–Trinajstić information content (AvgIpc) is 2.49. The first kappa shape index (κ1) is 12.5.